The van der Waals surface area contributed by atoms with Gasteiger partial charge < -0.3 is 24.8 Å². The molecule has 41 heavy (non-hydrogen) atoms. The van der Waals surface area contributed by atoms with Crippen LogP contribution in [-0.4, -0.2) is 76.3 Å². The first kappa shape index (κ1) is 28.3. The van der Waals surface area contributed by atoms with Crippen LogP contribution < -0.4 is 20.1 Å². The lowest BCUT2D eigenvalue weighted by Crippen LogP contribution is -2.41. The minimum atomic E-state index is -3.88. The number of para-hydroxylation sites is 2. The fourth-order valence-electron chi connectivity index (χ4n) is 4.45. The Morgan fingerprint density at radius 3 is 2.27 bits per heavy atom. The summed E-state index contributed by atoms with van der Waals surface area (Å²) in [6.07, 6.45) is 0. The molecule has 0 unspecified atom stereocenters. The molecule has 5 rings (SSSR count). The van der Waals surface area contributed by atoms with Crippen molar-refractivity contribution in [3.8, 4) is 11.5 Å². The molecule has 0 saturated carbocycles. The van der Waals surface area contributed by atoms with Gasteiger partial charge in [0.2, 0.25) is 5.91 Å². The van der Waals surface area contributed by atoms with Crippen molar-refractivity contribution in [2.24, 2.45) is 0 Å². The van der Waals surface area contributed by atoms with E-state index in [0.717, 1.165) is 0 Å². The molecule has 1 saturated heterocycles. The molecule has 3 aromatic carbocycles. The smallest absolute Gasteiger partial charge is 0.238 e. The first-order valence-electron chi connectivity index (χ1n) is 13.0. The number of ether oxygens (including phenoxy) is 3. The van der Waals surface area contributed by atoms with Crippen LogP contribution >= 0.6 is 0 Å². The Bertz CT molecular complexity index is 1630. The summed E-state index contributed by atoms with van der Waals surface area (Å²) in [6, 6.07) is 18.7. The summed E-state index contributed by atoms with van der Waals surface area (Å²) in [7, 11) is -0.784. The van der Waals surface area contributed by atoms with Gasteiger partial charge in [0.25, 0.3) is 0 Å². The molecule has 12 heteroatoms. The molecule has 0 spiro atoms. The number of rotatable bonds is 10. The van der Waals surface area contributed by atoms with Crippen LogP contribution in [0.3, 0.4) is 0 Å². The van der Waals surface area contributed by atoms with Gasteiger partial charge in [0.05, 0.1) is 55.6 Å². The lowest BCUT2D eigenvalue weighted by Gasteiger charge is -2.25. The highest BCUT2D eigenvalue weighted by molar-refractivity contribution is 7.90. The Morgan fingerprint density at radius 2 is 1.59 bits per heavy atom. The Kier molecular flexibility index (Phi) is 8.62. The van der Waals surface area contributed by atoms with E-state index in [2.05, 4.69) is 20.6 Å². The predicted octanol–water partition coefficient (Wildman–Crippen LogP) is 3.64. The van der Waals surface area contributed by atoms with Crippen LogP contribution in [0.15, 0.2) is 71.6 Å². The van der Waals surface area contributed by atoms with Gasteiger partial charge in [-0.2, -0.15) is 0 Å². The zero-order chi connectivity index (χ0) is 28.8. The number of nitrogens with zero attached hydrogens (tertiary/aromatic N) is 3. The molecular formula is C29H31N5O6S. The summed E-state index contributed by atoms with van der Waals surface area (Å²) in [5.74, 6) is 0.767. The third-order valence-corrected chi connectivity index (χ3v) is 8.16. The summed E-state index contributed by atoms with van der Waals surface area (Å²) >= 11 is 0. The molecule has 0 radical (unpaired) electrons. The minimum absolute atomic E-state index is 0.0608. The summed E-state index contributed by atoms with van der Waals surface area (Å²) in [4.78, 5) is 24.0. The van der Waals surface area contributed by atoms with Gasteiger partial charge in [0.15, 0.2) is 15.7 Å². The van der Waals surface area contributed by atoms with Gasteiger partial charge >= 0.3 is 0 Å². The fraction of sp³-hybridized carbons (Fsp3) is 0.276. The molecule has 11 nitrogen and oxygen atoms in total. The van der Waals surface area contributed by atoms with Gasteiger partial charge in [-0.1, -0.05) is 18.2 Å². The standard InChI is InChI=1S/C29H31N5O6S/c1-38-22-14-21(15-23(17-22)39-2)31-29-27(32-25-8-3-4-9-26(25)33-29)19-41(36,37)24-7-5-6-20(16-24)30-28(35)18-34-10-12-40-13-11-34/h3-9,14-17H,10-13,18-19H2,1-2H3,(H,30,35)(H,31,33). The molecule has 0 aliphatic carbocycles. The third-order valence-electron chi connectivity index (χ3n) is 6.53. The Labute approximate surface area is 238 Å². The van der Waals surface area contributed by atoms with Gasteiger partial charge in [0.1, 0.15) is 17.3 Å². The van der Waals surface area contributed by atoms with Crippen LogP contribution in [0.5, 0.6) is 11.5 Å². The number of fused-ring (bicyclic) bond motifs is 1. The van der Waals surface area contributed by atoms with Crippen LogP contribution in [-0.2, 0) is 25.1 Å². The fourth-order valence-corrected chi connectivity index (χ4v) is 5.77. The average Bonchev–Trinajstić information content (AvgIpc) is 2.97. The summed E-state index contributed by atoms with van der Waals surface area (Å²) in [5, 5.41) is 6.00. The van der Waals surface area contributed by atoms with E-state index >= 15 is 0 Å². The van der Waals surface area contributed by atoms with Crippen LogP contribution in [0.4, 0.5) is 17.2 Å². The lowest BCUT2D eigenvalue weighted by molar-refractivity contribution is -0.118. The van der Waals surface area contributed by atoms with Crippen molar-refractivity contribution >= 4 is 44.0 Å². The second kappa shape index (κ2) is 12.5. The van der Waals surface area contributed by atoms with Crippen LogP contribution in [0.2, 0.25) is 0 Å². The minimum Gasteiger partial charge on any atom is -0.497 e. The number of morpholine rings is 1. The van der Waals surface area contributed by atoms with E-state index in [-0.39, 0.29) is 28.9 Å². The molecule has 2 heterocycles. The zero-order valence-electron chi connectivity index (χ0n) is 22.8. The first-order valence-corrected chi connectivity index (χ1v) is 14.7. The molecule has 1 aromatic heterocycles. The molecule has 1 amide bonds. The van der Waals surface area contributed by atoms with Gasteiger partial charge in [-0.25, -0.2) is 18.4 Å². The number of aromatic nitrogens is 2. The number of benzene rings is 3. The number of hydrogen-bond donors (Lipinski definition) is 2. The summed E-state index contributed by atoms with van der Waals surface area (Å²) < 4.78 is 43.3. The SMILES string of the molecule is COc1cc(Nc2nc3ccccc3nc2CS(=O)(=O)c2cccc(NC(=O)CN3CCOCC3)c2)cc(OC)c1. The van der Waals surface area contributed by atoms with E-state index in [0.29, 0.717) is 60.2 Å². The Morgan fingerprint density at radius 1 is 0.902 bits per heavy atom. The predicted molar refractivity (Wildman–Crippen MR) is 156 cm³/mol. The van der Waals surface area contributed by atoms with E-state index < -0.39 is 15.6 Å². The number of nitrogens with one attached hydrogen (secondary N) is 2. The number of amides is 1. The topological polar surface area (TPSA) is 132 Å². The van der Waals surface area contributed by atoms with Gasteiger partial charge in [-0.05, 0) is 30.3 Å². The third kappa shape index (κ3) is 7.09. The summed E-state index contributed by atoms with van der Waals surface area (Å²) in [6.45, 7) is 2.72. The maximum atomic E-state index is 13.6. The number of carbonyl (C=O) groups is 1. The molecule has 0 atom stereocenters. The van der Waals surface area contributed by atoms with Gasteiger partial charge in [0, 0.05) is 42.7 Å². The van der Waals surface area contributed by atoms with Gasteiger partial charge in [-0.3, -0.25) is 9.69 Å². The molecule has 1 fully saturated rings. The van der Waals surface area contributed by atoms with E-state index in [9.17, 15) is 13.2 Å². The number of carbonyl (C=O) groups excluding carboxylic acids is 1. The van der Waals surface area contributed by atoms with Crippen molar-refractivity contribution in [2.75, 3.05) is 57.7 Å². The quantitative estimate of drug-likeness (QED) is 0.288. The average molecular weight is 578 g/mol. The molecular weight excluding hydrogens is 546 g/mol. The summed E-state index contributed by atoms with van der Waals surface area (Å²) in [5.41, 5.74) is 2.41. The van der Waals surface area contributed by atoms with E-state index in [1.165, 1.54) is 12.1 Å². The normalized spacial score (nSPS) is 14.0. The second-order valence-corrected chi connectivity index (χ2v) is 11.4. The second-order valence-electron chi connectivity index (χ2n) is 9.46. The molecule has 1 aliphatic heterocycles. The number of anilines is 3. The monoisotopic (exact) mass is 577 g/mol. The van der Waals surface area contributed by atoms with Crippen molar-refractivity contribution in [3.05, 3.63) is 72.4 Å². The largest absolute Gasteiger partial charge is 0.497 e. The lowest BCUT2D eigenvalue weighted by atomic mass is 10.2. The first-order chi connectivity index (χ1) is 19.8. The van der Waals surface area contributed by atoms with Crippen molar-refractivity contribution in [1.82, 2.24) is 14.9 Å². The number of sulfone groups is 1. The van der Waals surface area contributed by atoms with E-state index in [4.69, 9.17) is 14.2 Å². The van der Waals surface area contributed by atoms with E-state index in [1.54, 1.807) is 56.7 Å². The van der Waals surface area contributed by atoms with Crippen molar-refractivity contribution < 1.29 is 27.4 Å². The number of methoxy groups -OCH3 is 2. The zero-order valence-corrected chi connectivity index (χ0v) is 23.6. The van der Waals surface area contributed by atoms with Crippen molar-refractivity contribution in [3.63, 3.8) is 0 Å². The van der Waals surface area contributed by atoms with Crippen molar-refractivity contribution in [2.45, 2.75) is 10.6 Å². The van der Waals surface area contributed by atoms with E-state index in [1.807, 2.05) is 17.0 Å². The maximum absolute atomic E-state index is 13.6. The Balaban J connectivity index is 1.41. The van der Waals surface area contributed by atoms with Gasteiger partial charge in [-0.15, -0.1) is 0 Å². The Hall–Kier alpha value is -4.26. The van der Waals surface area contributed by atoms with Crippen molar-refractivity contribution in [1.29, 1.82) is 0 Å². The molecule has 2 N–H and O–H groups in total. The highest BCUT2D eigenvalue weighted by Gasteiger charge is 2.22. The molecule has 0 bridgehead atoms. The van der Waals surface area contributed by atoms with Crippen LogP contribution in [0.1, 0.15) is 5.69 Å². The highest BCUT2D eigenvalue weighted by Crippen LogP contribution is 2.30. The molecule has 4 aromatic rings. The molecule has 214 valence electrons. The molecule has 1 aliphatic rings. The van der Waals surface area contributed by atoms with Crippen LogP contribution in [0, 0.1) is 0 Å². The highest BCUT2D eigenvalue weighted by atomic mass is 32.2. The maximum Gasteiger partial charge on any atom is 0.238 e. The van der Waals surface area contributed by atoms with Crippen LogP contribution in [0.25, 0.3) is 11.0 Å². The number of hydrogen-bond acceptors (Lipinski definition) is 10.